The monoisotopic (exact) mass is 232 g/mol. The number of nitrogens with zero attached hydrogens (tertiary/aromatic N) is 2. The number of halogens is 1. The van der Waals surface area contributed by atoms with Gasteiger partial charge in [0.05, 0.1) is 11.3 Å². The molecular weight excluding hydrogens is 223 g/mol. The van der Waals surface area contributed by atoms with Crippen molar-refractivity contribution in [2.75, 3.05) is 5.32 Å². The van der Waals surface area contributed by atoms with Gasteiger partial charge in [-0.1, -0.05) is 0 Å². The molecule has 2 rings (SSSR count). The number of nitrogens with two attached hydrogens (primary N) is 1. The lowest BCUT2D eigenvalue weighted by molar-refractivity contribution is 0.100. The molecule has 5 nitrogen and oxygen atoms in total. The summed E-state index contributed by atoms with van der Waals surface area (Å²) in [5.41, 5.74) is 5.50. The minimum Gasteiger partial charge on any atom is -0.365 e. The summed E-state index contributed by atoms with van der Waals surface area (Å²) in [6.07, 6.45) is 2.80. The summed E-state index contributed by atoms with van der Waals surface area (Å²) in [6.45, 7) is 0. The fraction of sp³-hybridized carbons (Fsp3) is 0. The van der Waals surface area contributed by atoms with Crippen molar-refractivity contribution in [3.05, 3.63) is 48.2 Å². The normalized spacial score (nSPS) is 9.94. The zero-order valence-corrected chi connectivity index (χ0v) is 8.72. The Labute approximate surface area is 96.5 Å². The van der Waals surface area contributed by atoms with Crippen LogP contribution >= 0.6 is 0 Å². The Hall–Kier alpha value is -2.50. The number of primary amides is 1. The number of nitrogens with one attached hydrogen (secondary N) is 1. The third kappa shape index (κ3) is 2.36. The van der Waals surface area contributed by atoms with E-state index in [9.17, 15) is 9.18 Å². The van der Waals surface area contributed by atoms with Gasteiger partial charge in [0.15, 0.2) is 0 Å². The fourth-order valence-corrected chi connectivity index (χ4v) is 1.31. The van der Waals surface area contributed by atoms with E-state index >= 15 is 0 Å². The van der Waals surface area contributed by atoms with Gasteiger partial charge in [-0.3, -0.25) is 4.79 Å². The molecule has 0 bridgehead atoms. The Morgan fingerprint density at radius 1 is 1.24 bits per heavy atom. The maximum absolute atomic E-state index is 13.3. The van der Waals surface area contributed by atoms with Crippen LogP contribution < -0.4 is 11.1 Å². The average Bonchev–Trinajstić information content (AvgIpc) is 2.32. The Kier molecular flexibility index (Phi) is 2.95. The van der Waals surface area contributed by atoms with Crippen LogP contribution in [0.15, 0.2) is 36.7 Å². The van der Waals surface area contributed by atoms with E-state index in [-0.39, 0.29) is 17.1 Å². The number of anilines is 2. The van der Waals surface area contributed by atoms with Gasteiger partial charge in [-0.2, -0.15) is 4.39 Å². The molecule has 2 aromatic heterocycles. The molecule has 0 saturated heterocycles. The first-order valence-corrected chi connectivity index (χ1v) is 4.81. The Morgan fingerprint density at radius 2 is 1.94 bits per heavy atom. The lowest BCUT2D eigenvalue weighted by Gasteiger charge is -2.08. The number of amides is 1. The summed E-state index contributed by atoms with van der Waals surface area (Å²) in [4.78, 5) is 18.5. The number of hydrogen-bond acceptors (Lipinski definition) is 4. The van der Waals surface area contributed by atoms with Crippen LogP contribution in [0.4, 0.5) is 15.9 Å². The fourth-order valence-electron chi connectivity index (χ4n) is 1.31. The predicted molar refractivity (Wildman–Crippen MR) is 60.2 cm³/mol. The van der Waals surface area contributed by atoms with Crippen LogP contribution in [0, 0.1) is 5.95 Å². The van der Waals surface area contributed by atoms with E-state index in [0.717, 1.165) is 0 Å². The lowest BCUT2D eigenvalue weighted by Crippen LogP contribution is -2.14. The molecule has 0 unspecified atom stereocenters. The van der Waals surface area contributed by atoms with Gasteiger partial charge >= 0.3 is 0 Å². The molecule has 0 radical (unpaired) electrons. The lowest BCUT2D eigenvalue weighted by atomic mass is 10.2. The Morgan fingerprint density at radius 3 is 2.65 bits per heavy atom. The van der Waals surface area contributed by atoms with Gasteiger partial charge in [-0.05, 0) is 24.3 Å². The second kappa shape index (κ2) is 4.56. The standard InChI is InChI=1S/C11H9FN4O/c12-9-8(4-2-5-14-9)16-11-7(10(13)17)3-1-6-15-11/h1-6H,(H2,13,17)(H,15,16). The summed E-state index contributed by atoms with van der Waals surface area (Å²) in [6, 6.07) is 6.14. The summed E-state index contributed by atoms with van der Waals surface area (Å²) in [5, 5.41) is 2.67. The van der Waals surface area contributed by atoms with Crippen LogP contribution in [0.2, 0.25) is 0 Å². The van der Waals surface area contributed by atoms with E-state index < -0.39 is 11.9 Å². The van der Waals surface area contributed by atoms with Crippen LogP contribution in [0.25, 0.3) is 0 Å². The van der Waals surface area contributed by atoms with Crippen LogP contribution in [0.5, 0.6) is 0 Å². The van der Waals surface area contributed by atoms with Crippen LogP contribution in [0.1, 0.15) is 10.4 Å². The Bertz CT molecular complexity index is 559. The van der Waals surface area contributed by atoms with Crippen molar-refractivity contribution >= 4 is 17.4 Å². The van der Waals surface area contributed by atoms with Gasteiger partial charge in [0.2, 0.25) is 5.95 Å². The molecule has 17 heavy (non-hydrogen) atoms. The zero-order valence-electron chi connectivity index (χ0n) is 8.72. The topological polar surface area (TPSA) is 80.9 Å². The molecule has 6 heteroatoms. The van der Waals surface area contributed by atoms with Gasteiger partial charge < -0.3 is 11.1 Å². The quantitative estimate of drug-likeness (QED) is 0.785. The first-order chi connectivity index (χ1) is 8.18. The maximum Gasteiger partial charge on any atom is 0.252 e. The smallest absolute Gasteiger partial charge is 0.252 e. The molecule has 2 aromatic rings. The zero-order chi connectivity index (χ0) is 12.3. The minimum absolute atomic E-state index is 0.133. The van der Waals surface area contributed by atoms with Crippen LogP contribution in [0.3, 0.4) is 0 Å². The van der Waals surface area contributed by atoms with E-state index in [0.29, 0.717) is 0 Å². The largest absolute Gasteiger partial charge is 0.365 e. The van der Waals surface area contributed by atoms with E-state index in [4.69, 9.17) is 5.73 Å². The van der Waals surface area contributed by atoms with Crippen molar-refractivity contribution in [2.24, 2.45) is 5.73 Å². The van der Waals surface area contributed by atoms with E-state index in [1.54, 1.807) is 12.1 Å². The van der Waals surface area contributed by atoms with Crippen molar-refractivity contribution in [2.45, 2.75) is 0 Å². The first kappa shape index (κ1) is 11.0. The molecule has 0 atom stereocenters. The summed E-state index contributed by atoms with van der Waals surface area (Å²) >= 11 is 0. The number of carbonyl (C=O) groups excluding carboxylic acids is 1. The number of aromatic nitrogens is 2. The number of pyridine rings is 2. The van der Waals surface area contributed by atoms with Crippen LogP contribution in [-0.2, 0) is 0 Å². The summed E-state index contributed by atoms with van der Waals surface area (Å²) < 4.78 is 13.3. The third-order valence-electron chi connectivity index (χ3n) is 2.09. The highest BCUT2D eigenvalue weighted by Gasteiger charge is 2.10. The molecular formula is C11H9FN4O. The molecule has 0 aliphatic rings. The molecule has 3 N–H and O–H groups in total. The van der Waals surface area contributed by atoms with Crippen LogP contribution in [-0.4, -0.2) is 15.9 Å². The summed E-state index contributed by atoms with van der Waals surface area (Å²) in [7, 11) is 0. The minimum atomic E-state index is -0.673. The van der Waals surface area contributed by atoms with Gasteiger partial charge in [-0.25, -0.2) is 9.97 Å². The van der Waals surface area contributed by atoms with Crippen molar-refractivity contribution in [1.82, 2.24) is 9.97 Å². The molecule has 0 aliphatic heterocycles. The highest BCUT2D eigenvalue weighted by molar-refractivity contribution is 5.98. The molecule has 0 aliphatic carbocycles. The second-order valence-corrected chi connectivity index (χ2v) is 3.23. The van der Waals surface area contributed by atoms with Crippen molar-refractivity contribution < 1.29 is 9.18 Å². The number of hydrogen-bond donors (Lipinski definition) is 2. The van der Waals surface area contributed by atoms with Gasteiger partial charge in [0.25, 0.3) is 5.91 Å². The highest BCUT2D eigenvalue weighted by Crippen LogP contribution is 2.19. The molecule has 0 spiro atoms. The SMILES string of the molecule is NC(=O)c1cccnc1Nc1cccnc1F. The van der Waals surface area contributed by atoms with Gasteiger partial charge in [0, 0.05) is 12.4 Å². The molecule has 86 valence electrons. The molecule has 0 fully saturated rings. The number of carbonyl (C=O) groups is 1. The highest BCUT2D eigenvalue weighted by atomic mass is 19.1. The van der Waals surface area contributed by atoms with Gasteiger partial charge in [-0.15, -0.1) is 0 Å². The maximum atomic E-state index is 13.3. The molecule has 1 amide bonds. The third-order valence-corrected chi connectivity index (χ3v) is 2.09. The average molecular weight is 232 g/mol. The predicted octanol–water partition coefficient (Wildman–Crippen LogP) is 1.46. The second-order valence-electron chi connectivity index (χ2n) is 3.23. The molecule has 0 aromatic carbocycles. The first-order valence-electron chi connectivity index (χ1n) is 4.81. The molecule has 2 heterocycles. The van der Waals surface area contributed by atoms with Gasteiger partial charge in [0.1, 0.15) is 5.82 Å². The van der Waals surface area contributed by atoms with E-state index in [2.05, 4.69) is 15.3 Å². The van der Waals surface area contributed by atoms with E-state index in [1.165, 1.54) is 24.5 Å². The van der Waals surface area contributed by atoms with Crippen molar-refractivity contribution in [1.29, 1.82) is 0 Å². The molecule has 0 saturated carbocycles. The van der Waals surface area contributed by atoms with E-state index in [1.807, 2.05) is 0 Å². The number of rotatable bonds is 3. The summed E-state index contributed by atoms with van der Waals surface area (Å²) in [5.74, 6) is -1.11. The van der Waals surface area contributed by atoms with Crippen molar-refractivity contribution in [3.63, 3.8) is 0 Å². The Balaban J connectivity index is 2.37. The van der Waals surface area contributed by atoms with Crippen molar-refractivity contribution in [3.8, 4) is 0 Å².